The van der Waals surface area contributed by atoms with Gasteiger partial charge in [-0.25, -0.2) is 9.37 Å². The molecule has 0 aliphatic heterocycles. The number of nitrogens with two attached hydrogens (primary N) is 2. The predicted octanol–water partition coefficient (Wildman–Crippen LogP) is 3.15. The summed E-state index contributed by atoms with van der Waals surface area (Å²) < 4.78 is 20.2. The van der Waals surface area contributed by atoms with Gasteiger partial charge in [0.15, 0.2) is 11.6 Å². The third-order valence-electron chi connectivity index (χ3n) is 3.11. The summed E-state index contributed by atoms with van der Waals surface area (Å²) in [6, 6.07) is 4.74. The van der Waals surface area contributed by atoms with Crippen LogP contribution in [0, 0.1) is 17.1 Å². The minimum atomic E-state index is -0.720. The molecule has 0 saturated carbocycles. The fourth-order valence-electron chi connectivity index (χ4n) is 1.98. The number of rotatable bonds is 5. The summed E-state index contributed by atoms with van der Waals surface area (Å²) in [5.74, 6) is -1.01. The number of halogens is 2. The molecule has 0 amide bonds. The molecule has 0 atom stereocenters. The van der Waals surface area contributed by atoms with E-state index in [1.54, 1.807) is 0 Å². The van der Waals surface area contributed by atoms with E-state index in [2.05, 4.69) is 9.97 Å². The van der Waals surface area contributed by atoms with Crippen molar-refractivity contribution in [3.8, 4) is 23.1 Å². The molecule has 120 valence electrons. The Hall–Kier alpha value is -2.59. The number of benzene rings is 1. The third kappa shape index (κ3) is 3.43. The molecule has 1 aromatic heterocycles. The Balaban J connectivity index is 2.60. The number of hydrogen-bond donors (Lipinski definition) is 2. The highest BCUT2D eigenvalue weighted by molar-refractivity contribution is 6.33. The third-order valence-corrected chi connectivity index (χ3v) is 3.43. The van der Waals surface area contributed by atoms with Gasteiger partial charge in [-0.05, 0) is 18.6 Å². The van der Waals surface area contributed by atoms with Crippen LogP contribution in [0.3, 0.4) is 0 Å². The Morgan fingerprint density at radius 1 is 1.35 bits per heavy atom. The van der Waals surface area contributed by atoms with Crippen molar-refractivity contribution in [1.29, 1.82) is 5.26 Å². The number of hydrogen-bond acceptors (Lipinski definition) is 6. The summed E-state index contributed by atoms with van der Waals surface area (Å²) in [6.07, 6.45) is 1.70. The fraction of sp³-hybridized carbons (Fsp3) is 0.267. The second-order valence-electron chi connectivity index (χ2n) is 4.74. The quantitative estimate of drug-likeness (QED) is 0.812. The first-order valence-corrected chi connectivity index (χ1v) is 7.31. The number of ether oxygens (including phenoxy) is 1. The van der Waals surface area contributed by atoms with Crippen LogP contribution in [0.25, 0.3) is 11.3 Å². The van der Waals surface area contributed by atoms with Crippen molar-refractivity contribution in [1.82, 2.24) is 9.97 Å². The van der Waals surface area contributed by atoms with Gasteiger partial charge in [0.2, 0.25) is 5.95 Å². The number of unbranched alkanes of at least 4 members (excludes halogenated alkanes) is 1. The fourth-order valence-corrected chi connectivity index (χ4v) is 2.21. The maximum absolute atomic E-state index is 14.8. The van der Waals surface area contributed by atoms with Crippen LogP contribution in [-0.4, -0.2) is 16.6 Å². The lowest BCUT2D eigenvalue weighted by atomic mass is 10.1. The van der Waals surface area contributed by atoms with Crippen molar-refractivity contribution in [2.24, 2.45) is 0 Å². The molecule has 6 nitrogen and oxygen atoms in total. The molecular weight excluding hydrogens is 321 g/mol. The van der Waals surface area contributed by atoms with Crippen molar-refractivity contribution in [2.75, 3.05) is 18.1 Å². The molecule has 2 aromatic rings. The van der Waals surface area contributed by atoms with E-state index >= 15 is 0 Å². The van der Waals surface area contributed by atoms with Gasteiger partial charge >= 0.3 is 0 Å². The first kappa shape index (κ1) is 16.8. The highest BCUT2D eigenvalue weighted by Crippen LogP contribution is 2.37. The lowest BCUT2D eigenvalue weighted by Gasteiger charge is -2.13. The van der Waals surface area contributed by atoms with Crippen molar-refractivity contribution >= 4 is 23.4 Å². The topological polar surface area (TPSA) is 111 Å². The molecular formula is C15H15ClFN5O. The second-order valence-corrected chi connectivity index (χ2v) is 5.15. The number of anilines is 2. The molecule has 0 spiro atoms. The van der Waals surface area contributed by atoms with E-state index < -0.39 is 5.82 Å². The summed E-state index contributed by atoms with van der Waals surface area (Å²) in [5.41, 5.74) is 11.0. The van der Waals surface area contributed by atoms with Crippen LogP contribution in [-0.2, 0) is 0 Å². The van der Waals surface area contributed by atoms with Crippen LogP contribution in [0.1, 0.15) is 25.3 Å². The summed E-state index contributed by atoms with van der Waals surface area (Å²) >= 11 is 6.08. The molecule has 2 rings (SSSR count). The minimum Gasteiger partial charge on any atom is -0.490 e. The Kier molecular flexibility index (Phi) is 5.19. The van der Waals surface area contributed by atoms with E-state index in [1.807, 2.05) is 13.0 Å². The van der Waals surface area contributed by atoms with Crippen molar-refractivity contribution in [3.05, 3.63) is 28.5 Å². The number of nitriles is 1. The van der Waals surface area contributed by atoms with E-state index in [0.29, 0.717) is 6.61 Å². The SMILES string of the molecule is CCCCOc1ccc(Cl)c(-c2nc(N)nc(N)c2C#N)c1F. The van der Waals surface area contributed by atoms with E-state index in [1.165, 1.54) is 12.1 Å². The maximum atomic E-state index is 14.8. The number of aromatic nitrogens is 2. The summed E-state index contributed by atoms with van der Waals surface area (Å²) in [7, 11) is 0. The smallest absolute Gasteiger partial charge is 0.222 e. The molecule has 0 aliphatic rings. The average molecular weight is 336 g/mol. The van der Waals surface area contributed by atoms with Gasteiger partial charge in [0.1, 0.15) is 23.1 Å². The molecule has 0 radical (unpaired) electrons. The summed E-state index contributed by atoms with van der Waals surface area (Å²) in [4.78, 5) is 7.62. The van der Waals surface area contributed by atoms with Crippen LogP contribution in [0.15, 0.2) is 12.1 Å². The van der Waals surface area contributed by atoms with Crippen LogP contribution < -0.4 is 16.2 Å². The molecule has 1 aromatic carbocycles. The second kappa shape index (κ2) is 7.11. The molecule has 0 bridgehead atoms. The first-order chi connectivity index (χ1) is 11.0. The normalized spacial score (nSPS) is 10.3. The van der Waals surface area contributed by atoms with Gasteiger partial charge < -0.3 is 16.2 Å². The summed E-state index contributed by atoms with van der Waals surface area (Å²) in [5, 5.41) is 9.30. The van der Waals surface area contributed by atoms with E-state index in [-0.39, 0.29) is 39.4 Å². The van der Waals surface area contributed by atoms with Gasteiger partial charge in [-0.1, -0.05) is 24.9 Å². The van der Waals surface area contributed by atoms with E-state index in [0.717, 1.165) is 12.8 Å². The molecule has 0 unspecified atom stereocenters. The molecule has 23 heavy (non-hydrogen) atoms. The summed E-state index contributed by atoms with van der Waals surface area (Å²) in [6.45, 7) is 2.37. The van der Waals surface area contributed by atoms with Gasteiger partial charge in [0, 0.05) is 0 Å². The monoisotopic (exact) mass is 335 g/mol. The standard InChI is InChI=1S/C15H15ClFN5O/c1-2-3-6-23-10-5-4-9(16)11(12(10)17)13-8(7-18)14(19)22-15(20)21-13/h4-5H,2-3,6H2,1H3,(H4,19,20,21,22). The van der Waals surface area contributed by atoms with Crippen LogP contribution in [0.2, 0.25) is 5.02 Å². The predicted molar refractivity (Wildman–Crippen MR) is 86.4 cm³/mol. The highest BCUT2D eigenvalue weighted by Gasteiger charge is 2.22. The van der Waals surface area contributed by atoms with Gasteiger partial charge in [0.25, 0.3) is 0 Å². The van der Waals surface area contributed by atoms with Gasteiger partial charge in [-0.3, -0.25) is 0 Å². The molecule has 1 heterocycles. The Morgan fingerprint density at radius 3 is 2.74 bits per heavy atom. The number of nitrogen functional groups attached to an aromatic ring is 2. The Bertz CT molecular complexity index is 775. The van der Waals surface area contributed by atoms with Crippen molar-refractivity contribution < 1.29 is 9.13 Å². The largest absolute Gasteiger partial charge is 0.490 e. The van der Waals surface area contributed by atoms with Gasteiger partial charge in [-0.15, -0.1) is 0 Å². The van der Waals surface area contributed by atoms with Crippen LogP contribution in [0.5, 0.6) is 5.75 Å². The zero-order chi connectivity index (χ0) is 17.0. The van der Waals surface area contributed by atoms with Crippen molar-refractivity contribution in [3.63, 3.8) is 0 Å². The zero-order valence-corrected chi connectivity index (χ0v) is 13.2. The number of nitrogens with zero attached hydrogens (tertiary/aromatic N) is 3. The first-order valence-electron chi connectivity index (χ1n) is 6.93. The Morgan fingerprint density at radius 2 is 2.09 bits per heavy atom. The van der Waals surface area contributed by atoms with Crippen molar-refractivity contribution in [2.45, 2.75) is 19.8 Å². The van der Waals surface area contributed by atoms with E-state index in [9.17, 15) is 9.65 Å². The highest BCUT2D eigenvalue weighted by atomic mass is 35.5. The molecule has 0 saturated heterocycles. The minimum absolute atomic E-state index is 0.0255. The maximum Gasteiger partial charge on any atom is 0.222 e. The lowest BCUT2D eigenvalue weighted by molar-refractivity contribution is 0.294. The zero-order valence-electron chi connectivity index (χ0n) is 12.4. The molecule has 8 heteroatoms. The van der Waals surface area contributed by atoms with Gasteiger partial charge in [0.05, 0.1) is 17.2 Å². The molecule has 4 N–H and O–H groups in total. The Labute approximate surface area is 137 Å². The molecule has 0 aliphatic carbocycles. The molecule has 0 fully saturated rings. The lowest BCUT2D eigenvalue weighted by Crippen LogP contribution is -2.07. The van der Waals surface area contributed by atoms with Gasteiger partial charge in [-0.2, -0.15) is 10.2 Å². The van der Waals surface area contributed by atoms with Crippen LogP contribution in [0.4, 0.5) is 16.2 Å². The van der Waals surface area contributed by atoms with Crippen LogP contribution >= 0.6 is 11.6 Å². The average Bonchev–Trinajstić information content (AvgIpc) is 2.49. The van der Waals surface area contributed by atoms with E-state index in [4.69, 9.17) is 27.8 Å².